The van der Waals surface area contributed by atoms with Gasteiger partial charge in [-0.2, -0.15) is 0 Å². The first-order chi connectivity index (χ1) is 7.76. The van der Waals surface area contributed by atoms with Gasteiger partial charge in [0.05, 0.1) is 26.1 Å². The van der Waals surface area contributed by atoms with Gasteiger partial charge in [0.1, 0.15) is 10.4 Å². The summed E-state index contributed by atoms with van der Waals surface area (Å²) < 4.78 is 13.0. The van der Waals surface area contributed by atoms with Gasteiger partial charge < -0.3 is 9.47 Å². The van der Waals surface area contributed by atoms with Crippen molar-refractivity contribution in [2.75, 3.05) is 14.2 Å². The SMILES string of the molecule is COc1cccc(-n2c(Br)cnc2OC)c1. The molecule has 0 N–H and O–H groups in total. The van der Waals surface area contributed by atoms with Gasteiger partial charge in [-0.3, -0.25) is 4.57 Å². The summed E-state index contributed by atoms with van der Waals surface area (Å²) in [5, 5.41) is 0. The van der Waals surface area contributed by atoms with Gasteiger partial charge in [-0.15, -0.1) is 0 Å². The Labute approximate surface area is 102 Å². The first-order valence-electron chi connectivity index (χ1n) is 4.68. The van der Waals surface area contributed by atoms with Crippen LogP contribution in [0.1, 0.15) is 0 Å². The minimum absolute atomic E-state index is 0.528. The predicted octanol–water partition coefficient (Wildman–Crippen LogP) is 2.65. The molecule has 0 aliphatic rings. The van der Waals surface area contributed by atoms with E-state index in [0.29, 0.717) is 6.01 Å². The minimum Gasteiger partial charge on any atom is -0.497 e. The molecule has 5 heteroatoms. The third kappa shape index (κ3) is 1.90. The maximum atomic E-state index is 5.18. The molecule has 0 atom stereocenters. The Morgan fingerprint density at radius 3 is 2.75 bits per heavy atom. The van der Waals surface area contributed by atoms with Crippen molar-refractivity contribution in [3.63, 3.8) is 0 Å². The molecule has 1 aromatic carbocycles. The molecule has 0 radical (unpaired) electrons. The first-order valence-corrected chi connectivity index (χ1v) is 5.47. The van der Waals surface area contributed by atoms with Crippen molar-refractivity contribution in [2.45, 2.75) is 0 Å². The highest BCUT2D eigenvalue weighted by Crippen LogP contribution is 2.26. The number of imidazole rings is 1. The van der Waals surface area contributed by atoms with Crippen LogP contribution in [0.5, 0.6) is 11.8 Å². The number of halogens is 1. The molecule has 1 heterocycles. The molecular weight excluding hydrogens is 272 g/mol. The zero-order valence-corrected chi connectivity index (χ0v) is 10.6. The Hall–Kier alpha value is -1.49. The molecule has 0 bridgehead atoms. The lowest BCUT2D eigenvalue weighted by Crippen LogP contribution is -1.99. The van der Waals surface area contributed by atoms with Crippen LogP contribution in [-0.2, 0) is 0 Å². The van der Waals surface area contributed by atoms with E-state index in [-0.39, 0.29) is 0 Å². The Morgan fingerprint density at radius 1 is 1.25 bits per heavy atom. The first kappa shape index (κ1) is 11.0. The van der Waals surface area contributed by atoms with Crippen molar-refractivity contribution >= 4 is 15.9 Å². The Kier molecular flexibility index (Phi) is 3.14. The summed E-state index contributed by atoms with van der Waals surface area (Å²) >= 11 is 3.42. The Balaban J connectivity index is 2.53. The van der Waals surface area contributed by atoms with Crippen molar-refractivity contribution in [3.8, 4) is 17.4 Å². The van der Waals surface area contributed by atoms with Gasteiger partial charge >= 0.3 is 6.01 Å². The number of benzene rings is 1. The van der Waals surface area contributed by atoms with Crippen LogP contribution in [0, 0.1) is 0 Å². The maximum Gasteiger partial charge on any atom is 0.301 e. The van der Waals surface area contributed by atoms with E-state index in [1.165, 1.54) is 0 Å². The van der Waals surface area contributed by atoms with E-state index in [9.17, 15) is 0 Å². The standard InChI is InChI=1S/C11H11BrN2O2/c1-15-9-5-3-4-8(6-9)14-10(12)7-13-11(14)16-2/h3-7H,1-2H3. The molecule has 16 heavy (non-hydrogen) atoms. The van der Waals surface area contributed by atoms with E-state index in [1.54, 1.807) is 20.4 Å². The second-order valence-corrected chi connectivity index (χ2v) is 3.92. The lowest BCUT2D eigenvalue weighted by molar-refractivity contribution is 0.372. The number of aromatic nitrogens is 2. The summed E-state index contributed by atoms with van der Waals surface area (Å²) in [6.45, 7) is 0. The van der Waals surface area contributed by atoms with Crippen LogP contribution in [0.4, 0.5) is 0 Å². The van der Waals surface area contributed by atoms with Gasteiger partial charge in [-0.1, -0.05) is 6.07 Å². The normalized spacial score (nSPS) is 10.2. The van der Waals surface area contributed by atoms with Crippen LogP contribution in [0.2, 0.25) is 0 Å². The fourth-order valence-corrected chi connectivity index (χ4v) is 1.90. The van der Waals surface area contributed by atoms with Crippen LogP contribution >= 0.6 is 15.9 Å². The molecule has 0 fully saturated rings. The molecule has 0 aliphatic heterocycles. The highest BCUT2D eigenvalue weighted by molar-refractivity contribution is 9.10. The number of ether oxygens (including phenoxy) is 2. The smallest absolute Gasteiger partial charge is 0.301 e. The van der Waals surface area contributed by atoms with Gasteiger partial charge in [0, 0.05) is 6.07 Å². The van der Waals surface area contributed by atoms with Crippen molar-refractivity contribution in [1.82, 2.24) is 9.55 Å². The Morgan fingerprint density at radius 2 is 2.06 bits per heavy atom. The second-order valence-electron chi connectivity index (χ2n) is 3.10. The van der Waals surface area contributed by atoms with E-state index < -0.39 is 0 Å². The summed E-state index contributed by atoms with van der Waals surface area (Å²) in [5.74, 6) is 0.792. The van der Waals surface area contributed by atoms with E-state index in [4.69, 9.17) is 9.47 Å². The lowest BCUT2D eigenvalue weighted by atomic mass is 10.3. The van der Waals surface area contributed by atoms with Gasteiger partial charge in [-0.05, 0) is 28.1 Å². The van der Waals surface area contributed by atoms with E-state index in [0.717, 1.165) is 16.0 Å². The summed E-state index contributed by atoms with van der Waals surface area (Å²) in [6, 6.07) is 8.20. The minimum atomic E-state index is 0.528. The third-order valence-corrected chi connectivity index (χ3v) is 2.74. The van der Waals surface area contributed by atoms with Crippen LogP contribution in [-0.4, -0.2) is 23.8 Å². The van der Waals surface area contributed by atoms with Crippen LogP contribution < -0.4 is 9.47 Å². The topological polar surface area (TPSA) is 36.3 Å². The molecule has 2 aromatic rings. The quantitative estimate of drug-likeness (QED) is 0.868. The number of rotatable bonds is 3. The molecule has 0 saturated heterocycles. The van der Waals surface area contributed by atoms with Crippen molar-refractivity contribution in [1.29, 1.82) is 0 Å². The largest absolute Gasteiger partial charge is 0.497 e. The Bertz CT molecular complexity index is 496. The second kappa shape index (κ2) is 4.57. The fraction of sp³-hybridized carbons (Fsp3) is 0.182. The van der Waals surface area contributed by atoms with E-state index in [2.05, 4.69) is 20.9 Å². The maximum absolute atomic E-state index is 5.18. The van der Waals surface area contributed by atoms with Crippen molar-refractivity contribution < 1.29 is 9.47 Å². The monoisotopic (exact) mass is 282 g/mol. The molecule has 0 amide bonds. The molecule has 84 valence electrons. The predicted molar refractivity (Wildman–Crippen MR) is 64.4 cm³/mol. The molecule has 4 nitrogen and oxygen atoms in total. The molecule has 0 aliphatic carbocycles. The molecule has 1 aromatic heterocycles. The zero-order valence-electron chi connectivity index (χ0n) is 8.98. The van der Waals surface area contributed by atoms with Gasteiger partial charge in [0.2, 0.25) is 0 Å². The van der Waals surface area contributed by atoms with Crippen LogP contribution in [0.25, 0.3) is 5.69 Å². The highest BCUT2D eigenvalue weighted by Gasteiger charge is 2.10. The van der Waals surface area contributed by atoms with Crippen LogP contribution in [0.3, 0.4) is 0 Å². The molecular formula is C11H11BrN2O2. The average Bonchev–Trinajstić information content (AvgIpc) is 2.70. The summed E-state index contributed by atoms with van der Waals surface area (Å²) in [4.78, 5) is 4.12. The van der Waals surface area contributed by atoms with Crippen molar-refractivity contribution in [2.24, 2.45) is 0 Å². The van der Waals surface area contributed by atoms with Gasteiger partial charge in [-0.25, -0.2) is 4.98 Å². The lowest BCUT2D eigenvalue weighted by Gasteiger charge is -2.09. The summed E-state index contributed by atoms with van der Waals surface area (Å²) in [6.07, 6.45) is 1.69. The van der Waals surface area contributed by atoms with E-state index >= 15 is 0 Å². The molecule has 0 spiro atoms. The number of nitrogens with zero attached hydrogens (tertiary/aromatic N) is 2. The van der Waals surface area contributed by atoms with Gasteiger partial charge in [0.25, 0.3) is 0 Å². The fourth-order valence-electron chi connectivity index (χ4n) is 1.44. The van der Waals surface area contributed by atoms with Crippen molar-refractivity contribution in [3.05, 3.63) is 35.1 Å². The highest BCUT2D eigenvalue weighted by atomic mass is 79.9. The van der Waals surface area contributed by atoms with Gasteiger partial charge in [0.15, 0.2) is 0 Å². The number of hydrogen-bond donors (Lipinski definition) is 0. The zero-order chi connectivity index (χ0) is 11.5. The summed E-state index contributed by atoms with van der Waals surface area (Å²) in [7, 11) is 3.23. The number of methoxy groups -OCH3 is 2. The average molecular weight is 283 g/mol. The summed E-state index contributed by atoms with van der Waals surface area (Å²) in [5.41, 5.74) is 0.931. The number of hydrogen-bond acceptors (Lipinski definition) is 3. The molecule has 0 saturated carbocycles. The van der Waals surface area contributed by atoms with E-state index in [1.807, 2.05) is 28.8 Å². The third-order valence-electron chi connectivity index (χ3n) is 2.18. The van der Waals surface area contributed by atoms with Crippen LogP contribution in [0.15, 0.2) is 35.1 Å². The molecule has 0 unspecified atom stereocenters. The molecule has 2 rings (SSSR count).